The summed E-state index contributed by atoms with van der Waals surface area (Å²) in [7, 11) is 1.68. The van der Waals surface area contributed by atoms with Gasteiger partial charge in [-0.05, 0) is 37.0 Å². The molecule has 1 N–H and O–H groups in total. The van der Waals surface area contributed by atoms with E-state index < -0.39 is 0 Å². The summed E-state index contributed by atoms with van der Waals surface area (Å²) in [5.74, 6) is 1.30. The molecule has 1 atom stereocenters. The predicted octanol–water partition coefficient (Wildman–Crippen LogP) is 5.14. The first kappa shape index (κ1) is 20.6. The van der Waals surface area contributed by atoms with Crippen LogP contribution in [-0.2, 0) is 11.3 Å². The van der Waals surface area contributed by atoms with Crippen LogP contribution in [0.1, 0.15) is 45.2 Å². The number of methoxy groups -OCH3 is 1. The molecule has 1 aromatic carbocycles. The van der Waals surface area contributed by atoms with Gasteiger partial charge in [-0.1, -0.05) is 56.7 Å². The zero-order valence-electron chi connectivity index (χ0n) is 17.8. The minimum Gasteiger partial charge on any atom is -0.501 e. The van der Waals surface area contributed by atoms with Crippen molar-refractivity contribution in [3.05, 3.63) is 81.6 Å². The van der Waals surface area contributed by atoms with E-state index in [2.05, 4.69) is 36.8 Å². The Morgan fingerprint density at radius 2 is 2.00 bits per heavy atom. The third-order valence-corrected chi connectivity index (χ3v) is 5.33. The van der Waals surface area contributed by atoms with Gasteiger partial charge >= 0.3 is 5.69 Å². The van der Waals surface area contributed by atoms with Gasteiger partial charge < -0.3 is 4.74 Å². The summed E-state index contributed by atoms with van der Waals surface area (Å²) >= 11 is 0. The molecule has 0 fully saturated rings. The van der Waals surface area contributed by atoms with Crippen LogP contribution >= 0.6 is 0 Å². The monoisotopic (exact) mass is 391 g/mol. The van der Waals surface area contributed by atoms with Gasteiger partial charge in [0.05, 0.1) is 19.2 Å². The fraction of sp³-hybridized carbons (Fsp3) is 0.333. The van der Waals surface area contributed by atoms with Crippen LogP contribution in [-0.4, -0.2) is 21.6 Å². The van der Waals surface area contributed by atoms with E-state index in [9.17, 15) is 4.79 Å². The third-order valence-electron chi connectivity index (χ3n) is 5.33. The highest BCUT2D eigenvalue weighted by Crippen LogP contribution is 2.29. The first-order chi connectivity index (χ1) is 13.9. The number of H-pyrrole nitrogens is 1. The first-order valence-corrected chi connectivity index (χ1v) is 10.0. The van der Waals surface area contributed by atoms with Gasteiger partial charge in [-0.2, -0.15) is 0 Å². The lowest BCUT2D eigenvalue weighted by Crippen LogP contribution is -2.17. The molecular formula is C24H29N3O2. The molecule has 0 aliphatic carbocycles. The van der Waals surface area contributed by atoms with Crippen molar-refractivity contribution in [2.75, 3.05) is 7.11 Å². The minimum absolute atomic E-state index is 0.158. The molecule has 0 spiro atoms. The van der Waals surface area contributed by atoms with E-state index in [1.165, 1.54) is 0 Å². The summed E-state index contributed by atoms with van der Waals surface area (Å²) in [4.78, 5) is 19.9. The fourth-order valence-corrected chi connectivity index (χ4v) is 3.53. The van der Waals surface area contributed by atoms with Crippen LogP contribution in [0.4, 0.5) is 0 Å². The topological polar surface area (TPSA) is 59.9 Å². The van der Waals surface area contributed by atoms with Crippen LogP contribution in [0.2, 0.25) is 0 Å². The normalized spacial score (nSPS) is 14.0. The molecule has 3 aromatic rings. The van der Waals surface area contributed by atoms with Crippen molar-refractivity contribution in [1.29, 1.82) is 0 Å². The summed E-state index contributed by atoms with van der Waals surface area (Å²) in [6.07, 6.45) is 5.13. The first-order valence-electron chi connectivity index (χ1n) is 10.0. The molecular weight excluding hydrogens is 362 g/mol. The Balaban J connectivity index is 2.13. The molecule has 1 unspecified atom stereocenters. The lowest BCUT2D eigenvalue weighted by atomic mass is 9.95. The molecule has 0 bridgehead atoms. The quantitative estimate of drug-likeness (QED) is 0.448. The van der Waals surface area contributed by atoms with Crippen LogP contribution in [0.25, 0.3) is 16.7 Å². The van der Waals surface area contributed by atoms with Crippen LogP contribution in [0.3, 0.4) is 0 Å². The van der Waals surface area contributed by atoms with Crippen LogP contribution in [0, 0.1) is 5.92 Å². The lowest BCUT2D eigenvalue weighted by Gasteiger charge is -2.15. The molecule has 0 saturated heterocycles. The lowest BCUT2D eigenvalue weighted by molar-refractivity contribution is 0.296. The number of nitrogens with zero attached hydrogens (tertiary/aromatic N) is 2. The Hall–Kier alpha value is -3.08. The largest absolute Gasteiger partial charge is 0.501 e. The molecule has 5 nitrogen and oxygen atoms in total. The van der Waals surface area contributed by atoms with E-state index in [-0.39, 0.29) is 5.69 Å². The van der Waals surface area contributed by atoms with Gasteiger partial charge in [0.1, 0.15) is 5.76 Å². The summed E-state index contributed by atoms with van der Waals surface area (Å²) in [5, 5.41) is 0. The summed E-state index contributed by atoms with van der Waals surface area (Å²) in [6, 6.07) is 12.0. The molecule has 29 heavy (non-hydrogen) atoms. The Kier molecular flexibility index (Phi) is 6.37. The molecule has 152 valence electrons. The van der Waals surface area contributed by atoms with Gasteiger partial charge in [0.2, 0.25) is 0 Å². The van der Waals surface area contributed by atoms with Gasteiger partial charge in [0.25, 0.3) is 0 Å². The number of hydrogen-bond donors (Lipinski definition) is 1. The van der Waals surface area contributed by atoms with Gasteiger partial charge in [0, 0.05) is 17.3 Å². The maximum atomic E-state index is 12.6. The summed E-state index contributed by atoms with van der Waals surface area (Å²) in [6.45, 7) is 8.93. The number of pyridine rings is 1. The van der Waals surface area contributed by atoms with E-state index in [1.54, 1.807) is 17.9 Å². The van der Waals surface area contributed by atoms with Crippen molar-refractivity contribution in [3.8, 4) is 0 Å². The van der Waals surface area contributed by atoms with E-state index in [4.69, 9.17) is 4.74 Å². The van der Waals surface area contributed by atoms with Crippen molar-refractivity contribution in [3.63, 3.8) is 0 Å². The number of imidazole rings is 1. The minimum atomic E-state index is -0.158. The highest BCUT2D eigenvalue weighted by Gasteiger charge is 2.15. The molecule has 0 radical (unpaired) electrons. The molecule has 2 heterocycles. The Morgan fingerprint density at radius 3 is 2.66 bits per heavy atom. The van der Waals surface area contributed by atoms with Crippen molar-refractivity contribution in [2.24, 2.45) is 5.92 Å². The highest BCUT2D eigenvalue weighted by molar-refractivity contribution is 5.84. The number of nitrogens with one attached hydrogen (secondary N) is 1. The van der Waals surface area contributed by atoms with Crippen molar-refractivity contribution in [1.82, 2.24) is 14.5 Å². The second-order valence-electron chi connectivity index (χ2n) is 7.46. The fourth-order valence-electron chi connectivity index (χ4n) is 3.53. The summed E-state index contributed by atoms with van der Waals surface area (Å²) in [5.41, 5.74) is 5.39. The molecule has 0 aliphatic heterocycles. The second kappa shape index (κ2) is 8.95. The van der Waals surface area contributed by atoms with Crippen molar-refractivity contribution in [2.45, 2.75) is 40.7 Å². The summed E-state index contributed by atoms with van der Waals surface area (Å²) < 4.78 is 7.31. The second-order valence-corrected chi connectivity index (χ2v) is 7.46. The zero-order valence-corrected chi connectivity index (χ0v) is 17.8. The molecule has 5 heteroatoms. The van der Waals surface area contributed by atoms with Gasteiger partial charge in [-0.3, -0.25) is 9.55 Å². The van der Waals surface area contributed by atoms with Crippen molar-refractivity contribution >= 4 is 16.7 Å². The maximum absolute atomic E-state index is 12.6. The number of benzene rings is 1. The Bertz CT molecular complexity index is 1100. The van der Waals surface area contributed by atoms with Crippen LogP contribution in [0.5, 0.6) is 0 Å². The van der Waals surface area contributed by atoms with Crippen LogP contribution in [0.15, 0.2) is 64.8 Å². The molecule has 2 aromatic heterocycles. The number of aromatic nitrogens is 3. The highest BCUT2D eigenvalue weighted by atomic mass is 16.5. The predicted molar refractivity (Wildman–Crippen MR) is 119 cm³/mol. The average molecular weight is 392 g/mol. The van der Waals surface area contributed by atoms with E-state index in [0.717, 1.165) is 40.0 Å². The Morgan fingerprint density at radius 1 is 1.28 bits per heavy atom. The number of ether oxygens (including phenoxy) is 1. The SMILES string of the molecule is CCC(C)/C=C(C)/C(=C(/C)OC)c1cnc2[nH]c(=O)n(Cc3ccccc3)c2c1. The average Bonchev–Trinajstić information content (AvgIpc) is 3.03. The van der Waals surface area contributed by atoms with Crippen molar-refractivity contribution < 1.29 is 4.74 Å². The zero-order chi connectivity index (χ0) is 21.0. The van der Waals surface area contributed by atoms with E-state index in [1.807, 2.05) is 43.3 Å². The van der Waals surface area contributed by atoms with Crippen LogP contribution < -0.4 is 5.69 Å². The number of allylic oxidation sites excluding steroid dienone is 4. The number of hydrogen-bond acceptors (Lipinski definition) is 3. The maximum Gasteiger partial charge on any atom is 0.327 e. The van der Waals surface area contributed by atoms with Gasteiger partial charge in [-0.15, -0.1) is 0 Å². The molecule has 0 amide bonds. The molecule has 3 rings (SSSR count). The number of aromatic amines is 1. The number of rotatable bonds is 7. The smallest absolute Gasteiger partial charge is 0.327 e. The molecule has 0 saturated carbocycles. The van der Waals surface area contributed by atoms with Gasteiger partial charge in [0.15, 0.2) is 5.65 Å². The third kappa shape index (κ3) is 4.50. The van der Waals surface area contributed by atoms with Gasteiger partial charge in [-0.25, -0.2) is 9.78 Å². The van der Waals surface area contributed by atoms with E-state index >= 15 is 0 Å². The standard InChI is InChI=1S/C24H29N3O2/c1-6-16(2)12-17(3)22(18(4)29-5)20-13-21-23(25-14-20)26-24(28)27(21)15-19-10-8-7-9-11-19/h7-14,16H,6,15H2,1-5H3,(H,25,26,28)/b17-12+,22-18+. The molecule has 0 aliphatic rings. The Labute approximate surface area is 171 Å². The number of fused-ring (bicyclic) bond motifs is 1. The van der Waals surface area contributed by atoms with E-state index in [0.29, 0.717) is 18.1 Å².